The fraction of sp³-hybridized carbons (Fsp3) is 0.258. The van der Waals surface area contributed by atoms with Crippen LogP contribution in [0.3, 0.4) is 0 Å². The number of aromatic nitrogens is 1. The summed E-state index contributed by atoms with van der Waals surface area (Å²) in [7, 11) is 0. The van der Waals surface area contributed by atoms with Crippen molar-refractivity contribution in [3.63, 3.8) is 0 Å². The number of nitrogen functional groups attached to an aromatic ring is 2. The lowest BCUT2D eigenvalue weighted by atomic mass is 10.0. The number of halogens is 3. The molecular weight excluding hydrogens is 579 g/mol. The number of fused-ring (bicyclic) bond motifs is 1. The van der Waals surface area contributed by atoms with E-state index in [1.807, 2.05) is 87.5 Å². The number of amides is 1. The number of alkyl halides is 3. The summed E-state index contributed by atoms with van der Waals surface area (Å²) in [6, 6.07) is 19.9. The van der Waals surface area contributed by atoms with E-state index >= 15 is 0 Å². The molecule has 0 fully saturated rings. The van der Waals surface area contributed by atoms with Gasteiger partial charge in [0.05, 0.1) is 12.7 Å². The van der Waals surface area contributed by atoms with Gasteiger partial charge < -0.3 is 36.7 Å². The molecule has 13 heteroatoms. The lowest BCUT2D eigenvalue weighted by Gasteiger charge is -2.22. The van der Waals surface area contributed by atoms with Gasteiger partial charge in [0.25, 0.3) is 0 Å². The molecule has 4 aromatic rings. The summed E-state index contributed by atoms with van der Waals surface area (Å²) in [6.07, 6.45) is -3.43. The van der Waals surface area contributed by atoms with E-state index in [1.165, 1.54) is 0 Å². The van der Waals surface area contributed by atoms with Gasteiger partial charge in [0.2, 0.25) is 5.91 Å². The lowest BCUT2D eigenvalue weighted by molar-refractivity contribution is -0.192. The second-order valence-electron chi connectivity index (χ2n) is 9.78. The molecule has 0 bridgehead atoms. The highest BCUT2D eigenvalue weighted by Gasteiger charge is 2.38. The first kappa shape index (κ1) is 33.3. The Bertz CT molecular complexity index is 1600. The molecule has 1 atom stereocenters. The Hall–Kier alpha value is -5.20. The van der Waals surface area contributed by atoms with E-state index in [-0.39, 0.29) is 12.0 Å². The van der Waals surface area contributed by atoms with Gasteiger partial charge in [-0.25, -0.2) is 9.78 Å². The third-order valence-electron chi connectivity index (χ3n) is 5.99. The summed E-state index contributed by atoms with van der Waals surface area (Å²) in [5.41, 5.74) is 15.0. The first-order chi connectivity index (χ1) is 20.8. The zero-order valence-electron chi connectivity index (χ0n) is 24.3. The van der Waals surface area contributed by atoms with Crippen LogP contribution in [0.15, 0.2) is 72.9 Å². The Balaban J connectivity index is 0.000000676. The quantitative estimate of drug-likeness (QED) is 0.142. The van der Waals surface area contributed by atoms with Crippen LogP contribution in [0.5, 0.6) is 11.5 Å². The minimum atomic E-state index is -5.08. The maximum Gasteiger partial charge on any atom is 0.490 e. The summed E-state index contributed by atoms with van der Waals surface area (Å²) in [4.78, 5) is 26.6. The second kappa shape index (κ2) is 14.8. The number of nitrogens with two attached hydrogens (primary N) is 2. The number of nitrogens with zero attached hydrogens (tertiary/aromatic N) is 1. The third kappa shape index (κ3) is 9.41. The van der Waals surface area contributed by atoms with Gasteiger partial charge >= 0.3 is 12.1 Å². The molecule has 0 aliphatic carbocycles. The van der Waals surface area contributed by atoms with Crippen LogP contribution in [-0.4, -0.2) is 40.9 Å². The molecule has 0 saturated carbocycles. The van der Waals surface area contributed by atoms with Gasteiger partial charge in [0, 0.05) is 29.5 Å². The number of rotatable bonds is 10. The molecule has 1 amide bonds. The summed E-state index contributed by atoms with van der Waals surface area (Å²) < 4.78 is 43.5. The molecule has 7 N–H and O–H groups in total. The van der Waals surface area contributed by atoms with Crippen LogP contribution in [0, 0.1) is 0 Å². The Labute approximate surface area is 252 Å². The van der Waals surface area contributed by atoms with E-state index in [4.69, 9.17) is 30.8 Å². The van der Waals surface area contributed by atoms with Crippen molar-refractivity contribution in [2.24, 2.45) is 0 Å². The van der Waals surface area contributed by atoms with Crippen molar-refractivity contribution >= 4 is 39.8 Å². The summed E-state index contributed by atoms with van der Waals surface area (Å²) in [5.74, 6) is -1.28. The molecule has 234 valence electrons. The van der Waals surface area contributed by atoms with Crippen LogP contribution in [0.25, 0.3) is 10.8 Å². The smallest absolute Gasteiger partial charge is 0.490 e. The maximum absolute atomic E-state index is 13.5. The number of carboxylic acid groups (broad SMARTS) is 1. The molecule has 4 rings (SSSR count). The average molecular weight is 614 g/mol. The van der Waals surface area contributed by atoms with Crippen LogP contribution in [0.1, 0.15) is 37.9 Å². The summed E-state index contributed by atoms with van der Waals surface area (Å²) in [6.45, 7) is 6.64. The SMILES string of the molecule is CCOc1cc(C(Nc2ccc3c(N)nccc3c2)C(=O)NCc2cccc(N)c2)ccc1OC(C)C.O=C(O)C(F)(F)F. The predicted octanol–water partition coefficient (Wildman–Crippen LogP) is 5.69. The number of hydrogen-bond donors (Lipinski definition) is 5. The number of benzene rings is 3. The largest absolute Gasteiger partial charge is 0.490 e. The number of hydrogen-bond acceptors (Lipinski definition) is 8. The molecule has 0 saturated heterocycles. The van der Waals surface area contributed by atoms with Crippen LogP contribution >= 0.6 is 0 Å². The van der Waals surface area contributed by atoms with E-state index < -0.39 is 18.2 Å². The topological polar surface area (TPSA) is 162 Å². The second-order valence-corrected chi connectivity index (χ2v) is 9.78. The van der Waals surface area contributed by atoms with Crippen molar-refractivity contribution in [2.75, 3.05) is 23.4 Å². The van der Waals surface area contributed by atoms with E-state index in [9.17, 15) is 18.0 Å². The van der Waals surface area contributed by atoms with E-state index in [0.717, 1.165) is 27.6 Å². The average Bonchev–Trinajstić information content (AvgIpc) is 2.95. The molecule has 44 heavy (non-hydrogen) atoms. The van der Waals surface area contributed by atoms with Crippen molar-refractivity contribution in [2.45, 2.75) is 45.6 Å². The summed E-state index contributed by atoms with van der Waals surface area (Å²) in [5, 5.41) is 15.3. The Morgan fingerprint density at radius 1 is 1.00 bits per heavy atom. The molecule has 0 aliphatic heterocycles. The molecule has 0 spiro atoms. The van der Waals surface area contributed by atoms with Crippen molar-refractivity contribution in [1.29, 1.82) is 0 Å². The molecule has 10 nitrogen and oxygen atoms in total. The fourth-order valence-corrected chi connectivity index (χ4v) is 4.08. The lowest BCUT2D eigenvalue weighted by Crippen LogP contribution is -2.33. The predicted molar refractivity (Wildman–Crippen MR) is 162 cm³/mol. The third-order valence-corrected chi connectivity index (χ3v) is 5.99. The Kier molecular flexibility index (Phi) is 11.2. The van der Waals surface area contributed by atoms with Gasteiger partial charge in [0.1, 0.15) is 11.9 Å². The molecule has 1 heterocycles. The van der Waals surface area contributed by atoms with Crippen molar-refractivity contribution in [1.82, 2.24) is 10.3 Å². The van der Waals surface area contributed by atoms with Gasteiger partial charge in [-0.05, 0) is 85.8 Å². The Morgan fingerprint density at radius 3 is 2.36 bits per heavy atom. The standard InChI is InChI=1S/C29H33N5O3.C2HF3O2/c1-4-36-26-16-21(8-11-25(26)37-18(2)3)27(29(35)33-17-19-6-5-7-22(30)14-19)34-23-9-10-24-20(15-23)12-13-32-28(24)31;3-2(4,5)1(6)7/h5-16,18,27,34H,4,17,30H2,1-3H3,(H2,31,32)(H,33,35);(H,6,7). The Morgan fingerprint density at radius 2 is 1.73 bits per heavy atom. The number of nitrogens with one attached hydrogen (secondary N) is 2. The molecule has 0 aliphatic rings. The summed E-state index contributed by atoms with van der Waals surface area (Å²) >= 11 is 0. The number of pyridine rings is 1. The number of carbonyl (C=O) groups excluding carboxylic acids is 1. The van der Waals surface area contributed by atoms with E-state index in [1.54, 1.807) is 6.20 Å². The van der Waals surface area contributed by atoms with Crippen molar-refractivity contribution in [3.8, 4) is 11.5 Å². The minimum absolute atomic E-state index is 0.0138. The molecular formula is C31H34F3N5O5. The molecule has 3 aromatic carbocycles. The fourth-order valence-electron chi connectivity index (χ4n) is 4.08. The van der Waals surface area contributed by atoms with Crippen LogP contribution in [0.4, 0.5) is 30.4 Å². The molecule has 1 unspecified atom stereocenters. The van der Waals surface area contributed by atoms with Crippen molar-refractivity contribution < 1.29 is 37.3 Å². The minimum Gasteiger partial charge on any atom is -0.490 e. The van der Waals surface area contributed by atoms with E-state index in [0.29, 0.717) is 36.2 Å². The number of aliphatic carboxylic acids is 1. The molecule has 0 radical (unpaired) electrons. The number of anilines is 3. The maximum atomic E-state index is 13.5. The first-order valence-corrected chi connectivity index (χ1v) is 13.5. The van der Waals surface area contributed by atoms with Gasteiger partial charge in [-0.1, -0.05) is 18.2 Å². The van der Waals surface area contributed by atoms with Gasteiger partial charge in [0.15, 0.2) is 11.5 Å². The van der Waals surface area contributed by atoms with Crippen LogP contribution < -0.4 is 31.6 Å². The zero-order valence-corrected chi connectivity index (χ0v) is 24.3. The van der Waals surface area contributed by atoms with Crippen LogP contribution in [-0.2, 0) is 16.1 Å². The van der Waals surface area contributed by atoms with Gasteiger partial charge in [-0.3, -0.25) is 4.79 Å². The highest BCUT2D eigenvalue weighted by atomic mass is 19.4. The van der Waals surface area contributed by atoms with Crippen molar-refractivity contribution in [3.05, 3.63) is 84.1 Å². The van der Waals surface area contributed by atoms with Crippen LogP contribution in [0.2, 0.25) is 0 Å². The normalized spacial score (nSPS) is 11.7. The number of carbonyl (C=O) groups is 2. The number of ether oxygens (including phenoxy) is 2. The highest BCUT2D eigenvalue weighted by Crippen LogP contribution is 2.33. The van der Waals surface area contributed by atoms with E-state index in [2.05, 4.69) is 15.6 Å². The first-order valence-electron chi connectivity index (χ1n) is 13.5. The van der Waals surface area contributed by atoms with Gasteiger partial charge in [-0.15, -0.1) is 0 Å². The highest BCUT2D eigenvalue weighted by molar-refractivity contribution is 5.94. The van der Waals surface area contributed by atoms with Gasteiger partial charge in [-0.2, -0.15) is 13.2 Å². The molecule has 1 aromatic heterocycles. The monoisotopic (exact) mass is 613 g/mol. The zero-order chi connectivity index (χ0) is 32.4. The number of carboxylic acids is 1.